The number of fused-ring (bicyclic) bond motifs is 4. The van der Waals surface area contributed by atoms with Crippen molar-refractivity contribution >= 4 is 49.6 Å². The van der Waals surface area contributed by atoms with Gasteiger partial charge < -0.3 is 9.47 Å². The quantitative estimate of drug-likeness (QED) is 0.141. The van der Waals surface area contributed by atoms with Crippen molar-refractivity contribution < 1.29 is 0 Å². The number of nitrogens with zero attached hydrogens (tertiary/aromatic N) is 2. The summed E-state index contributed by atoms with van der Waals surface area (Å²) in [4.78, 5) is 2.36. The summed E-state index contributed by atoms with van der Waals surface area (Å²) in [7, 11) is 0. The third kappa shape index (κ3) is 7.02. The summed E-state index contributed by atoms with van der Waals surface area (Å²) in [5.41, 5.74) is 18.9. The molecule has 0 aliphatic carbocycles. The average molecular weight is 841 g/mol. The molecule has 0 radical (unpaired) electrons. The smallest absolute Gasteiger partial charge is 0.0541 e. The van der Waals surface area contributed by atoms with Crippen LogP contribution in [0.4, 0.5) is 17.1 Å². The molecule has 1 heterocycles. The van der Waals surface area contributed by atoms with Crippen LogP contribution in [0.3, 0.4) is 0 Å². The van der Waals surface area contributed by atoms with Crippen molar-refractivity contribution in [3.05, 3.63) is 267 Å². The maximum Gasteiger partial charge on any atom is 0.0541 e. The highest BCUT2D eigenvalue weighted by Crippen LogP contribution is 2.41. The normalized spacial score (nSPS) is 11.3. The first-order chi connectivity index (χ1) is 32.7. The number of hydrogen-bond acceptors (Lipinski definition) is 1. The zero-order valence-corrected chi connectivity index (χ0v) is 36.3. The number of rotatable bonds is 9. The highest BCUT2D eigenvalue weighted by molar-refractivity contribution is 6.10. The van der Waals surface area contributed by atoms with Crippen LogP contribution in [0, 0.1) is 0 Å². The van der Waals surface area contributed by atoms with Crippen LogP contribution in [0.1, 0.15) is 0 Å². The third-order valence-electron chi connectivity index (χ3n) is 13.0. The van der Waals surface area contributed by atoms with Crippen molar-refractivity contribution in [3.63, 3.8) is 0 Å². The molecule has 0 fully saturated rings. The standard InChI is InChI=1S/C64H44N2/c1-3-15-45(16-4-1)47-33-39-53(40-34-47)65(55-43-37-51(38-44-55)58-25-14-20-52-19-13-24-57(64(52)58)49-17-5-2-6-18-49)54-41-35-48(36-42-54)46-29-31-50(32-30-46)56-21-7-10-26-61(56)66-62-27-11-8-22-59(62)60-23-9-12-28-63(60)66/h1-44H. The summed E-state index contributed by atoms with van der Waals surface area (Å²) in [6.07, 6.45) is 0. The lowest BCUT2D eigenvalue weighted by molar-refractivity contribution is 1.18. The topological polar surface area (TPSA) is 8.17 Å². The van der Waals surface area contributed by atoms with E-state index in [1.807, 2.05) is 0 Å². The first-order valence-corrected chi connectivity index (χ1v) is 22.7. The van der Waals surface area contributed by atoms with Crippen LogP contribution in [0.15, 0.2) is 267 Å². The zero-order valence-electron chi connectivity index (χ0n) is 36.3. The molecule has 2 heteroatoms. The van der Waals surface area contributed by atoms with E-state index in [4.69, 9.17) is 0 Å². The van der Waals surface area contributed by atoms with Crippen LogP contribution in [-0.2, 0) is 0 Å². The highest BCUT2D eigenvalue weighted by Gasteiger charge is 2.17. The van der Waals surface area contributed by atoms with Crippen LogP contribution in [0.5, 0.6) is 0 Å². The Balaban J connectivity index is 0.889. The molecule has 12 aromatic rings. The molecule has 0 amide bonds. The molecule has 1 aromatic heterocycles. The number of aromatic nitrogens is 1. The summed E-state index contributed by atoms with van der Waals surface area (Å²) >= 11 is 0. The van der Waals surface area contributed by atoms with Gasteiger partial charge in [0.2, 0.25) is 0 Å². The van der Waals surface area contributed by atoms with E-state index >= 15 is 0 Å². The van der Waals surface area contributed by atoms with Gasteiger partial charge in [0.1, 0.15) is 0 Å². The summed E-state index contributed by atoms with van der Waals surface area (Å²) in [6.45, 7) is 0. The van der Waals surface area contributed by atoms with E-state index in [0.29, 0.717) is 0 Å². The van der Waals surface area contributed by atoms with Gasteiger partial charge in [-0.2, -0.15) is 0 Å². The van der Waals surface area contributed by atoms with E-state index < -0.39 is 0 Å². The first-order valence-electron chi connectivity index (χ1n) is 22.7. The minimum Gasteiger partial charge on any atom is -0.311 e. The Morgan fingerprint density at radius 1 is 0.242 bits per heavy atom. The SMILES string of the molecule is c1ccc(-c2ccc(N(c3ccc(-c4ccc(-c5ccccc5-n5c6ccccc6c6ccccc65)cc4)cc3)c3ccc(-c4cccc5cccc(-c6ccccc6)c45)cc3)cc2)cc1. The lowest BCUT2D eigenvalue weighted by Crippen LogP contribution is -2.09. The predicted molar refractivity (Wildman–Crippen MR) is 280 cm³/mol. The van der Waals surface area contributed by atoms with Crippen molar-refractivity contribution in [2.75, 3.05) is 4.90 Å². The molecule has 0 aliphatic rings. The molecule has 310 valence electrons. The van der Waals surface area contributed by atoms with E-state index in [-0.39, 0.29) is 0 Å². The van der Waals surface area contributed by atoms with Crippen molar-refractivity contribution in [2.45, 2.75) is 0 Å². The minimum absolute atomic E-state index is 1.09. The Kier molecular flexibility index (Phi) is 9.89. The molecular weight excluding hydrogens is 797 g/mol. The Labute approximate surface area is 385 Å². The summed E-state index contributed by atoms with van der Waals surface area (Å²) in [6, 6.07) is 96.7. The maximum absolute atomic E-state index is 2.41. The van der Waals surface area contributed by atoms with Gasteiger partial charge in [-0.25, -0.2) is 0 Å². The van der Waals surface area contributed by atoms with Crippen molar-refractivity contribution in [1.29, 1.82) is 0 Å². The number of para-hydroxylation sites is 3. The van der Waals surface area contributed by atoms with Crippen molar-refractivity contribution in [2.24, 2.45) is 0 Å². The molecular formula is C64H44N2. The fourth-order valence-electron chi connectivity index (χ4n) is 9.85. The van der Waals surface area contributed by atoms with Crippen molar-refractivity contribution in [1.82, 2.24) is 4.57 Å². The Morgan fingerprint density at radius 2 is 0.591 bits per heavy atom. The molecule has 0 unspecified atom stereocenters. The Hall–Kier alpha value is -8.72. The molecule has 2 nitrogen and oxygen atoms in total. The van der Waals surface area contributed by atoms with Crippen LogP contribution >= 0.6 is 0 Å². The number of anilines is 3. The summed E-state index contributed by atoms with van der Waals surface area (Å²) in [5.74, 6) is 0. The highest BCUT2D eigenvalue weighted by atomic mass is 15.1. The molecule has 0 bridgehead atoms. The lowest BCUT2D eigenvalue weighted by Gasteiger charge is -2.26. The largest absolute Gasteiger partial charge is 0.311 e. The van der Waals surface area contributed by atoms with Gasteiger partial charge in [-0.05, 0) is 115 Å². The second-order valence-corrected chi connectivity index (χ2v) is 16.9. The van der Waals surface area contributed by atoms with E-state index in [9.17, 15) is 0 Å². The predicted octanol–water partition coefficient (Wildman–Crippen LogP) is 17.7. The first kappa shape index (κ1) is 38.9. The minimum atomic E-state index is 1.09. The van der Waals surface area contributed by atoms with Gasteiger partial charge in [-0.3, -0.25) is 0 Å². The fraction of sp³-hybridized carbons (Fsp3) is 0. The van der Waals surface area contributed by atoms with Crippen LogP contribution in [-0.4, -0.2) is 4.57 Å². The number of benzene rings is 11. The number of hydrogen-bond donors (Lipinski definition) is 0. The Morgan fingerprint density at radius 3 is 1.12 bits per heavy atom. The van der Waals surface area contributed by atoms with Gasteiger partial charge in [-0.1, -0.05) is 212 Å². The second kappa shape index (κ2) is 16.8. The molecule has 0 spiro atoms. The summed E-state index contributed by atoms with van der Waals surface area (Å²) in [5, 5.41) is 5.03. The van der Waals surface area contributed by atoms with E-state index in [1.165, 1.54) is 93.9 Å². The molecule has 0 saturated carbocycles. The molecule has 12 rings (SSSR count). The third-order valence-corrected chi connectivity index (χ3v) is 13.0. The molecule has 0 aliphatic heterocycles. The van der Waals surface area contributed by atoms with Crippen LogP contribution in [0.2, 0.25) is 0 Å². The zero-order chi connectivity index (χ0) is 43.8. The molecule has 11 aromatic carbocycles. The fourth-order valence-corrected chi connectivity index (χ4v) is 9.85. The van der Waals surface area contributed by atoms with Gasteiger partial charge in [0.25, 0.3) is 0 Å². The second-order valence-electron chi connectivity index (χ2n) is 16.9. The molecule has 0 saturated heterocycles. The van der Waals surface area contributed by atoms with Gasteiger partial charge in [0, 0.05) is 33.4 Å². The maximum atomic E-state index is 2.41. The molecule has 0 N–H and O–H groups in total. The summed E-state index contributed by atoms with van der Waals surface area (Å²) < 4.78 is 2.41. The monoisotopic (exact) mass is 840 g/mol. The molecule has 0 atom stereocenters. The Bertz CT molecular complexity index is 3590. The van der Waals surface area contributed by atoms with Gasteiger partial charge >= 0.3 is 0 Å². The lowest BCUT2D eigenvalue weighted by atomic mass is 9.91. The van der Waals surface area contributed by atoms with E-state index in [2.05, 4.69) is 276 Å². The molecule has 66 heavy (non-hydrogen) atoms. The van der Waals surface area contributed by atoms with E-state index in [0.717, 1.165) is 17.1 Å². The van der Waals surface area contributed by atoms with Gasteiger partial charge in [0.05, 0.1) is 16.7 Å². The van der Waals surface area contributed by atoms with Crippen molar-refractivity contribution in [3.8, 4) is 61.3 Å². The van der Waals surface area contributed by atoms with Crippen LogP contribution in [0.25, 0.3) is 93.9 Å². The average Bonchev–Trinajstić information content (AvgIpc) is 3.74. The van der Waals surface area contributed by atoms with Gasteiger partial charge in [0.15, 0.2) is 0 Å². The van der Waals surface area contributed by atoms with E-state index in [1.54, 1.807) is 0 Å². The van der Waals surface area contributed by atoms with Crippen LogP contribution < -0.4 is 4.90 Å². The van der Waals surface area contributed by atoms with Gasteiger partial charge in [-0.15, -0.1) is 0 Å².